The second kappa shape index (κ2) is 3.25. The average molecular weight is 197 g/mol. The highest BCUT2D eigenvalue weighted by atomic mass is 16.6. The molecule has 2 amide bonds. The van der Waals surface area contributed by atoms with Gasteiger partial charge in [-0.25, -0.2) is 9.69 Å². The van der Waals surface area contributed by atoms with Crippen LogP contribution in [0, 0.1) is 0 Å². The summed E-state index contributed by atoms with van der Waals surface area (Å²) in [7, 11) is 0. The molecule has 0 spiro atoms. The summed E-state index contributed by atoms with van der Waals surface area (Å²) < 4.78 is 4.90. The molecule has 0 saturated carbocycles. The maximum Gasteiger partial charge on any atom is 0.421 e. The summed E-state index contributed by atoms with van der Waals surface area (Å²) in [6.45, 7) is 5.03. The SMILES string of the molecule is CC(C)(C)OC(=O)N1C=CC(=O)C1=O. The van der Waals surface area contributed by atoms with E-state index in [2.05, 4.69) is 0 Å². The van der Waals surface area contributed by atoms with Gasteiger partial charge in [0, 0.05) is 12.3 Å². The van der Waals surface area contributed by atoms with Gasteiger partial charge in [-0.05, 0) is 20.8 Å². The average Bonchev–Trinajstić information content (AvgIpc) is 2.29. The van der Waals surface area contributed by atoms with Gasteiger partial charge in [0.25, 0.3) is 0 Å². The van der Waals surface area contributed by atoms with Crippen LogP contribution >= 0.6 is 0 Å². The molecule has 0 bridgehead atoms. The van der Waals surface area contributed by atoms with E-state index in [1.807, 2.05) is 0 Å². The van der Waals surface area contributed by atoms with Gasteiger partial charge >= 0.3 is 12.0 Å². The number of ketones is 1. The summed E-state index contributed by atoms with van der Waals surface area (Å²) in [5, 5.41) is 0. The molecule has 76 valence electrons. The first-order chi connectivity index (χ1) is 6.31. The zero-order valence-corrected chi connectivity index (χ0v) is 8.23. The molecule has 0 aromatic rings. The highest BCUT2D eigenvalue weighted by molar-refractivity contribution is 6.44. The second-order valence-electron chi connectivity index (χ2n) is 3.84. The quantitative estimate of drug-likeness (QED) is 0.540. The van der Waals surface area contributed by atoms with E-state index < -0.39 is 23.4 Å². The lowest BCUT2D eigenvalue weighted by atomic mass is 10.2. The zero-order chi connectivity index (χ0) is 10.9. The van der Waals surface area contributed by atoms with Crippen molar-refractivity contribution in [1.82, 2.24) is 4.90 Å². The molecule has 5 heteroatoms. The predicted octanol–water partition coefficient (Wildman–Crippen LogP) is 0.847. The molecule has 0 saturated heterocycles. The molecule has 0 atom stereocenters. The fourth-order valence-corrected chi connectivity index (χ4v) is 0.855. The van der Waals surface area contributed by atoms with Gasteiger partial charge in [0.05, 0.1) is 0 Å². The fraction of sp³-hybridized carbons (Fsp3) is 0.444. The van der Waals surface area contributed by atoms with Crippen molar-refractivity contribution in [3.05, 3.63) is 12.3 Å². The number of rotatable bonds is 0. The van der Waals surface area contributed by atoms with Crippen molar-refractivity contribution in [3.63, 3.8) is 0 Å². The summed E-state index contributed by atoms with van der Waals surface area (Å²) in [4.78, 5) is 33.8. The summed E-state index contributed by atoms with van der Waals surface area (Å²) in [5.74, 6) is -1.59. The molecule has 1 aliphatic rings. The topological polar surface area (TPSA) is 63.7 Å². The third kappa shape index (κ3) is 2.18. The third-order valence-electron chi connectivity index (χ3n) is 1.39. The number of imide groups is 1. The minimum atomic E-state index is -0.876. The van der Waals surface area contributed by atoms with E-state index in [1.54, 1.807) is 20.8 Å². The zero-order valence-electron chi connectivity index (χ0n) is 8.23. The van der Waals surface area contributed by atoms with E-state index >= 15 is 0 Å². The van der Waals surface area contributed by atoms with Crippen molar-refractivity contribution in [2.45, 2.75) is 26.4 Å². The van der Waals surface area contributed by atoms with Crippen molar-refractivity contribution in [1.29, 1.82) is 0 Å². The summed E-state index contributed by atoms with van der Waals surface area (Å²) in [5.41, 5.74) is -0.684. The largest absolute Gasteiger partial charge is 0.443 e. The van der Waals surface area contributed by atoms with Gasteiger partial charge in [-0.2, -0.15) is 0 Å². The van der Waals surface area contributed by atoms with Crippen molar-refractivity contribution in [3.8, 4) is 0 Å². The van der Waals surface area contributed by atoms with Crippen LogP contribution in [0.4, 0.5) is 4.79 Å². The van der Waals surface area contributed by atoms with Crippen LogP contribution in [0.5, 0.6) is 0 Å². The predicted molar refractivity (Wildman–Crippen MR) is 47.2 cm³/mol. The van der Waals surface area contributed by atoms with E-state index in [1.165, 1.54) is 0 Å². The van der Waals surface area contributed by atoms with Crippen molar-refractivity contribution in [2.24, 2.45) is 0 Å². The normalized spacial score (nSPS) is 16.4. The molecule has 0 aliphatic carbocycles. The highest BCUT2D eigenvalue weighted by Gasteiger charge is 2.32. The van der Waals surface area contributed by atoms with Crippen LogP contribution in [0.3, 0.4) is 0 Å². The van der Waals surface area contributed by atoms with Crippen LogP contribution in [0.15, 0.2) is 12.3 Å². The maximum absolute atomic E-state index is 11.3. The third-order valence-corrected chi connectivity index (χ3v) is 1.39. The molecule has 0 fully saturated rings. The standard InChI is InChI=1S/C9H11NO4/c1-9(2,3)14-8(13)10-5-4-6(11)7(10)12/h4-5H,1-3H3. The molecular weight excluding hydrogens is 186 g/mol. The minimum absolute atomic E-state index is 0.660. The van der Waals surface area contributed by atoms with Gasteiger partial charge in [0.2, 0.25) is 5.78 Å². The van der Waals surface area contributed by atoms with Gasteiger partial charge in [-0.1, -0.05) is 0 Å². The molecule has 0 unspecified atom stereocenters. The van der Waals surface area contributed by atoms with Gasteiger partial charge in [0.1, 0.15) is 5.60 Å². The number of carbonyl (C=O) groups excluding carboxylic acids is 3. The van der Waals surface area contributed by atoms with Crippen molar-refractivity contribution >= 4 is 17.8 Å². The summed E-state index contributed by atoms with van der Waals surface area (Å²) in [6.07, 6.45) is 1.31. The van der Waals surface area contributed by atoms with Gasteiger partial charge in [-0.3, -0.25) is 9.59 Å². The Morgan fingerprint density at radius 2 is 1.93 bits per heavy atom. The Labute approximate surface area is 81.3 Å². The van der Waals surface area contributed by atoms with E-state index in [4.69, 9.17) is 4.74 Å². The van der Waals surface area contributed by atoms with Crippen LogP contribution in [0.25, 0.3) is 0 Å². The molecular formula is C9H11NO4. The first-order valence-corrected chi connectivity index (χ1v) is 4.10. The minimum Gasteiger partial charge on any atom is -0.443 e. The Morgan fingerprint density at radius 1 is 1.36 bits per heavy atom. The number of ether oxygens (including phenoxy) is 1. The summed E-state index contributed by atoms with van der Waals surface area (Å²) in [6, 6.07) is 0. The highest BCUT2D eigenvalue weighted by Crippen LogP contribution is 2.12. The van der Waals surface area contributed by atoms with Gasteiger partial charge in [0.15, 0.2) is 0 Å². The number of hydrogen-bond acceptors (Lipinski definition) is 4. The molecule has 0 aromatic carbocycles. The molecule has 0 radical (unpaired) electrons. The Morgan fingerprint density at radius 3 is 2.29 bits per heavy atom. The molecule has 1 heterocycles. The molecule has 1 rings (SSSR count). The molecule has 0 aromatic heterocycles. The van der Waals surface area contributed by atoms with Crippen LogP contribution < -0.4 is 0 Å². The molecule has 0 N–H and O–H groups in total. The lowest BCUT2D eigenvalue weighted by Gasteiger charge is -2.21. The Kier molecular flexibility index (Phi) is 2.42. The molecule has 14 heavy (non-hydrogen) atoms. The maximum atomic E-state index is 11.3. The molecule has 5 nitrogen and oxygen atoms in total. The number of carbonyl (C=O) groups is 3. The smallest absolute Gasteiger partial charge is 0.421 e. The Balaban J connectivity index is 2.69. The Hall–Kier alpha value is -1.65. The first kappa shape index (κ1) is 10.4. The second-order valence-corrected chi connectivity index (χ2v) is 3.84. The van der Waals surface area contributed by atoms with E-state index in [9.17, 15) is 14.4 Å². The van der Waals surface area contributed by atoms with Crippen molar-refractivity contribution < 1.29 is 19.1 Å². The van der Waals surface area contributed by atoms with Crippen molar-refractivity contribution in [2.75, 3.05) is 0 Å². The summed E-state index contributed by atoms with van der Waals surface area (Å²) >= 11 is 0. The van der Waals surface area contributed by atoms with Crippen LogP contribution in [-0.4, -0.2) is 28.3 Å². The first-order valence-electron chi connectivity index (χ1n) is 4.10. The molecule has 1 aliphatic heterocycles. The van der Waals surface area contributed by atoms with Crippen LogP contribution in [0.1, 0.15) is 20.8 Å². The lowest BCUT2D eigenvalue weighted by molar-refractivity contribution is -0.138. The lowest BCUT2D eigenvalue weighted by Crippen LogP contribution is -2.37. The van der Waals surface area contributed by atoms with Gasteiger partial charge < -0.3 is 4.74 Å². The Bertz CT molecular complexity index is 324. The van der Waals surface area contributed by atoms with Gasteiger partial charge in [-0.15, -0.1) is 0 Å². The monoisotopic (exact) mass is 197 g/mol. The van der Waals surface area contributed by atoms with Crippen LogP contribution in [0.2, 0.25) is 0 Å². The van der Waals surface area contributed by atoms with E-state index in [0.29, 0.717) is 4.90 Å². The van der Waals surface area contributed by atoms with E-state index in [0.717, 1.165) is 12.3 Å². The van der Waals surface area contributed by atoms with Crippen LogP contribution in [-0.2, 0) is 14.3 Å². The number of hydrogen-bond donors (Lipinski definition) is 0. The number of nitrogens with zero attached hydrogens (tertiary/aromatic N) is 1. The fourth-order valence-electron chi connectivity index (χ4n) is 0.855. The number of amides is 2. The van der Waals surface area contributed by atoms with E-state index in [-0.39, 0.29) is 0 Å².